The van der Waals surface area contributed by atoms with Crippen molar-refractivity contribution in [1.82, 2.24) is 0 Å². The fourth-order valence-electron chi connectivity index (χ4n) is 1.58. The summed E-state index contributed by atoms with van der Waals surface area (Å²) in [6.45, 7) is 0. The fourth-order valence-corrected chi connectivity index (χ4v) is 3.95. The second-order valence-corrected chi connectivity index (χ2v) is 9.17. The predicted octanol–water partition coefficient (Wildman–Crippen LogP) is 1.95. The summed E-state index contributed by atoms with van der Waals surface area (Å²) in [4.78, 5) is -0.272. The molecule has 0 aliphatic rings. The maximum Gasteiger partial charge on any atom is 0.261 e. The number of hydrogen-bond acceptors (Lipinski definition) is 4. The third-order valence-electron chi connectivity index (χ3n) is 2.59. The molecule has 0 amide bonds. The quantitative estimate of drug-likeness (QED) is 0.628. The molecule has 0 fully saturated rings. The van der Waals surface area contributed by atoms with Gasteiger partial charge in [-0.2, -0.15) is 0 Å². The van der Waals surface area contributed by atoms with E-state index in [0.29, 0.717) is 0 Å². The summed E-state index contributed by atoms with van der Waals surface area (Å²) in [6.07, 6.45) is 0. The SMILES string of the molecule is O=S(=O)(Cl)c1cccc(S(=O)(=O)c2ccc(P)cc2)c1. The Morgan fingerprint density at radius 3 is 1.90 bits per heavy atom. The van der Waals surface area contributed by atoms with E-state index in [-0.39, 0.29) is 14.7 Å². The molecule has 0 saturated heterocycles. The summed E-state index contributed by atoms with van der Waals surface area (Å²) < 4.78 is 47.3. The van der Waals surface area contributed by atoms with E-state index in [1.165, 1.54) is 30.3 Å². The molecule has 8 heteroatoms. The van der Waals surface area contributed by atoms with Gasteiger partial charge < -0.3 is 0 Å². The van der Waals surface area contributed by atoms with Crippen LogP contribution in [-0.4, -0.2) is 16.8 Å². The van der Waals surface area contributed by atoms with Gasteiger partial charge in [0.05, 0.1) is 14.7 Å². The molecule has 0 N–H and O–H groups in total. The Hall–Kier alpha value is -0.940. The Labute approximate surface area is 124 Å². The third kappa shape index (κ3) is 3.20. The van der Waals surface area contributed by atoms with Crippen molar-refractivity contribution < 1.29 is 16.8 Å². The first-order valence-corrected chi connectivity index (χ1v) is 9.73. The summed E-state index contributed by atoms with van der Waals surface area (Å²) in [5, 5.41) is 0.848. The Balaban J connectivity index is 2.58. The maximum atomic E-state index is 12.4. The topological polar surface area (TPSA) is 68.3 Å². The Morgan fingerprint density at radius 1 is 0.800 bits per heavy atom. The van der Waals surface area contributed by atoms with Crippen molar-refractivity contribution in [3.05, 3.63) is 48.5 Å². The van der Waals surface area contributed by atoms with Crippen molar-refractivity contribution in [3.63, 3.8) is 0 Å². The van der Waals surface area contributed by atoms with Crippen LogP contribution in [0.3, 0.4) is 0 Å². The Bertz CT molecular complexity index is 843. The molecule has 0 spiro atoms. The zero-order valence-corrected chi connectivity index (χ0v) is 13.6. The number of benzene rings is 2. The minimum absolute atomic E-state index is 0.0906. The molecule has 106 valence electrons. The van der Waals surface area contributed by atoms with Crippen molar-refractivity contribution >= 4 is 44.1 Å². The molecule has 0 aromatic heterocycles. The molecule has 0 bridgehead atoms. The summed E-state index contributed by atoms with van der Waals surface area (Å²) in [7, 11) is -0.0656. The van der Waals surface area contributed by atoms with Crippen molar-refractivity contribution in [2.24, 2.45) is 0 Å². The second kappa shape index (κ2) is 5.45. The highest BCUT2D eigenvalue weighted by Gasteiger charge is 2.20. The normalized spacial score (nSPS) is 12.3. The predicted molar refractivity (Wildman–Crippen MR) is 80.7 cm³/mol. The van der Waals surface area contributed by atoms with E-state index >= 15 is 0 Å². The van der Waals surface area contributed by atoms with Crippen molar-refractivity contribution in [2.45, 2.75) is 14.7 Å². The van der Waals surface area contributed by atoms with Crippen LogP contribution in [0.4, 0.5) is 0 Å². The lowest BCUT2D eigenvalue weighted by Gasteiger charge is -2.06. The van der Waals surface area contributed by atoms with Crippen molar-refractivity contribution in [1.29, 1.82) is 0 Å². The number of sulfone groups is 1. The van der Waals surface area contributed by atoms with E-state index in [9.17, 15) is 16.8 Å². The zero-order chi connectivity index (χ0) is 15.0. The van der Waals surface area contributed by atoms with Crippen LogP contribution in [0.2, 0.25) is 0 Å². The van der Waals surface area contributed by atoms with E-state index in [4.69, 9.17) is 10.7 Å². The first-order chi connectivity index (χ1) is 9.21. The first kappa shape index (κ1) is 15.4. The Morgan fingerprint density at radius 2 is 1.35 bits per heavy atom. The molecule has 2 aromatic rings. The van der Waals surface area contributed by atoms with E-state index < -0.39 is 18.9 Å². The van der Waals surface area contributed by atoms with E-state index in [1.807, 2.05) is 0 Å². The molecule has 0 aliphatic heterocycles. The van der Waals surface area contributed by atoms with Gasteiger partial charge in [0, 0.05) is 10.7 Å². The largest absolute Gasteiger partial charge is 0.261 e. The van der Waals surface area contributed by atoms with E-state index in [1.54, 1.807) is 12.1 Å². The minimum Gasteiger partial charge on any atom is -0.219 e. The van der Waals surface area contributed by atoms with Crippen LogP contribution >= 0.6 is 19.9 Å². The molecule has 2 rings (SSSR count). The van der Waals surface area contributed by atoms with Gasteiger partial charge in [-0.25, -0.2) is 16.8 Å². The summed E-state index contributed by atoms with van der Waals surface area (Å²) in [5.41, 5.74) is 0. The summed E-state index contributed by atoms with van der Waals surface area (Å²) in [6, 6.07) is 11.2. The molecule has 4 nitrogen and oxygen atoms in total. The highest BCUT2D eigenvalue weighted by atomic mass is 35.7. The molecule has 0 aliphatic carbocycles. The highest BCUT2D eigenvalue weighted by Crippen LogP contribution is 2.24. The van der Waals surface area contributed by atoms with Gasteiger partial charge in [0.1, 0.15) is 0 Å². The molecule has 1 unspecified atom stereocenters. The lowest BCUT2D eigenvalue weighted by Crippen LogP contribution is -2.04. The molecule has 0 saturated carbocycles. The van der Waals surface area contributed by atoms with Gasteiger partial charge in [-0.3, -0.25) is 0 Å². The number of hydrogen-bond donors (Lipinski definition) is 0. The smallest absolute Gasteiger partial charge is 0.219 e. The van der Waals surface area contributed by atoms with Gasteiger partial charge >= 0.3 is 0 Å². The highest BCUT2D eigenvalue weighted by molar-refractivity contribution is 8.13. The monoisotopic (exact) mass is 348 g/mol. The third-order valence-corrected chi connectivity index (χ3v) is 6.09. The van der Waals surface area contributed by atoms with Crippen LogP contribution in [0.1, 0.15) is 0 Å². The first-order valence-electron chi connectivity index (χ1n) is 5.36. The molecular weight excluding hydrogens is 339 g/mol. The molecule has 20 heavy (non-hydrogen) atoms. The number of halogens is 1. The van der Waals surface area contributed by atoms with E-state index in [2.05, 4.69) is 9.24 Å². The van der Waals surface area contributed by atoms with E-state index in [0.717, 1.165) is 11.4 Å². The zero-order valence-electron chi connectivity index (χ0n) is 10.0. The van der Waals surface area contributed by atoms with Crippen LogP contribution in [0, 0.1) is 0 Å². The van der Waals surface area contributed by atoms with Crippen molar-refractivity contribution in [3.8, 4) is 0 Å². The van der Waals surface area contributed by atoms with Crippen LogP contribution in [0.5, 0.6) is 0 Å². The number of rotatable bonds is 3. The average Bonchev–Trinajstić information content (AvgIpc) is 2.38. The lowest BCUT2D eigenvalue weighted by molar-refractivity contribution is 0.595. The lowest BCUT2D eigenvalue weighted by atomic mass is 10.4. The van der Waals surface area contributed by atoms with Crippen molar-refractivity contribution in [2.75, 3.05) is 0 Å². The molecule has 1 atom stereocenters. The van der Waals surface area contributed by atoms with Crippen LogP contribution in [-0.2, 0) is 18.9 Å². The summed E-state index contributed by atoms with van der Waals surface area (Å²) >= 11 is 0. The summed E-state index contributed by atoms with van der Waals surface area (Å²) in [5.74, 6) is 0. The fraction of sp³-hybridized carbons (Fsp3) is 0. The van der Waals surface area contributed by atoms with Gasteiger partial charge in [-0.1, -0.05) is 18.2 Å². The van der Waals surface area contributed by atoms with Gasteiger partial charge in [-0.15, -0.1) is 9.24 Å². The minimum atomic E-state index is -3.97. The molecule has 2 aromatic carbocycles. The van der Waals surface area contributed by atoms with Gasteiger partial charge in [0.15, 0.2) is 0 Å². The average molecular weight is 349 g/mol. The van der Waals surface area contributed by atoms with Crippen LogP contribution in [0.15, 0.2) is 63.2 Å². The second-order valence-electron chi connectivity index (χ2n) is 3.99. The van der Waals surface area contributed by atoms with Crippen LogP contribution < -0.4 is 5.30 Å². The molecule has 0 radical (unpaired) electrons. The van der Waals surface area contributed by atoms with Gasteiger partial charge in [0.2, 0.25) is 9.84 Å². The van der Waals surface area contributed by atoms with Gasteiger partial charge in [-0.05, 0) is 35.6 Å². The van der Waals surface area contributed by atoms with Gasteiger partial charge in [0.25, 0.3) is 9.05 Å². The molecular formula is C12H10ClO4PS2. The van der Waals surface area contributed by atoms with Crippen LogP contribution in [0.25, 0.3) is 0 Å². The Kier molecular flexibility index (Phi) is 4.21. The standard InChI is InChI=1S/C12H10ClO4PS2/c13-20(16,17)12-3-1-2-11(8-12)19(14,15)10-6-4-9(18)5-7-10/h1-8H,18H2. The molecule has 0 heterocycles. The maximum absolute atomic E-state index is 12.4.